The highest BCUT2D eigenvalue weighted by atomic mass is 19.4. The van der Waals surface area contributed by atoms with Crippen molar-refractivity contribution in [2.45, 2.75) is 62.5 Å². The molecule has 0 aliphatic carbocycles. The lowest BCUT2D eigenvalue weighted by Crippen LogP contribution is -2.56. The number of nitrogens with zero attached hydrogens (tertiary/aromatic N) is 5. The number of amides is 2. The first kappa shape index (κ1) is 28.7. The van der Waals surface area contributed by atoms with Gasteiger partial charge in [0.15, 0.2) is 11.3 Å². The number of likely N-dealkylation sites (tertiary alicyclic amines) is 2. The lowest BCUT2D eigenvalue weighted by Gasteiger charge is -2.44. The Balaban J connectivity index is 1.51. The fraction of sp³-hybridized carbons (Fsp3) is 0.619. The largest absolute Gasteiger partial charge is 0.434 e. The Hall–Kier alpha value is -3.34. The van der Waals surface area contributed by atoms with Crippen LogP contribution in [0.1, 0.15) is 60.4 Å². The quantitative estimate of drug-likeness (QED) is 0.460. The van der Waals surface area contributed by atoms with Crippen LogP contribution in [0.2, 0.25) is 0 Å². The minimum atomic E-state index is -5.87. The molecule has 216 valence electrons. The molecule has 2 aliphatic rings. The van der Waals surface area contributed by atoms with Gasteiger partial charge in [-0.1, -0.05) is 0 Å². The lowest BCUT2D eigenvalue weighted by atomic mass is 9.85. The molecule has 8 nitrogen and oxygen atoms in total. The zero-order valence-corrected chi connectivity index (χ0v) is 19.6. The highest BCUT2D eigenvalue weighted by molar-refractivity contribution is 5.94. The van der Waals surface area contributed by atoms with E-state index in [-0.39, 0.29) is 38.2 Å². The van der Waals surface area contributed by atoms with Gasteiger partial charge in [0.25, 0.3) is 24.9 Å². The van der Waals surface area contributed by atoms with Crippen molar-refractivity contribution < 1.29 is 58.2 Å². The van der Waals surface area contributed by atoms with Gasteiger partial charge in [-0.05, 0) is 31.7 Å². The summed E-state index contributed by atoms with van der Waals surface area (Å²) in [5, 5.41) is 3.82. The van der Waals surface area contributed by atoms with Crippen LogP contribution in [-0.4, -0.2) is 80.0 Å². The fourth-order valence-corrected chi connectivity index (χ4v) is 4.90. The molecule has 1 spiro atoms. The molecule has 0 saturated carbocycles. The summed E-state index contributed by atoms with van der Waals surface area (Å²) < 4.78 is 134. The van der Waals surface area contributed by atoms with Crippen LogP contribution in [-0.2, 0) is 4.74 Å². The van der Waals surface area contributed by atoms with Crippen molar-refractivity contribution in [3.8, 4) is 0 Å². The average molecular weight is 579 g/mol. The second kappa shape index (κ2) is 10.0. The predicted molar refractivity (Wildman–Crippen MR) is 109 cm³/mol. The second-order valence-corrected chi connectivity index (χ2v) is 9.13. The Morgan fingerprint density at radius 3 is 2.05 bits per heavy atom. The molecule has 0 N–H and O–H groups in total. The van der Waals surface area contributed by atoms with Gasteiger partial charge < -0.3 is 14.5 Å². The summed E-state index contributed by atoms with van der Waals surface area (Å²) in [7, 11) is 0. The van der Waals surface area contributed by atoms with E-state index in [0.717, 1.165) is 6.07 Å². The summed E-state index contributed by atoms with van der Waals surface area (Å²) in [5.41, 5.74) is -3.59. The molecule has 4 heterocycles. The maximum atomic E-state index is 13.5. The van der Waals surface area contributed by atoms with E-state index < -0.39 is 65.9 Å². The van der Waals surface area contributed by atoms with Crippen LogP contribution in [0.5, 0.6) is 0 Å². The minimum absolute atomic E-state index is 0.0278. The number of alkyl halides is 10. The Labute approximate surface area is 212 Å². The van der Waals surface area contributed by atoms with Crippen LogP contribution in [0.4, 0.5) is 48.7 Å². The van der Waals surface area contributed by atoms with Gasteiger partial charge in [0, 0.05) is 31.2 Å². The maximum absolute atomic E-state index is 13.5. The number of carbonyl (C=O) groups excluding carboxylic acids is 2. The van der Waals surface area contributed by atoms with E-state index in [0.29, 0.717) is 28.3 Å². The predicted octanol–water partition coefficient (Wildman–Crippen LogP) is 5.30. The summed E-state index contributed by atoms with van der Waals surface area (Å²) in [6.07, 6.45) is -23.5. The van der Waals surface area contributed by atoms with Crippen LogP contribution in [0.3, 0.4) is 0 Å². The topological polar surface area (TPSA) is 80.0 Å². The van der Waals surface area contributed by atoms with E-state index in [4.69, 9.17) is 0 Å². The van der Waals surface area contributed by atoms with Gasteiger partial charge in [0.2, 0.25) is 0 Å². The van der Waals surface area contributed by atoms with Gasteiger partial charge in [0.05, 0.1) is 0 Å². The molecular formula is C21H19F10N5O3. The zero-order valence-electron chi connectivity index (χ0n) is 19.6. The first-order chi connectivity index (χ1) is 18.0. The number of halogens is 10. The lowest BCUT2D eigenvalue weighted by molar-refractivity contribution is -0.308. The molecule has 2 saturated heterocycles. The Bertz CT molecular complexity index is 1220. The van der Waals surface area contributed by atoms with Crippen molar-refractivity contribution in [3.63, 3.8) is 0 Å². The van der Waals surface area contributed by atoms with E-state index in [1.165, 1.54) is 4.90 Å². The first-order valence-corrected chi connectivity index (χ1v) is 11.4. The molecule has 18 heteroatoms. The molecule has 0 radical (unpaired) electrons. The number of fused-ring (bicyclic) bond motifs is 1. The summed E-state index contributed by atoms with van der Waals surface area (Å²) >= 11 is 0. The molecule has 0 unspecified atom stereocenters. The second-order valence-electron chi connectivity index (χ2n) is 9.13. The molecule has 2 aromatic heterocycles. The highest BCUT2D eigenvalue weighted by Gasteiger charge is 2.60. The standard InChI is InChI=1S/C21H19F10N5O3/c22-14(23)10-8-12(15(24)25)36-13(32-10)9-11(33-36)16(37)35-5-1-2-19(35)3-6-34(7-4-19)18(38)39-17(20(26,27)28)21(29,30)31/h8-9,14-15,17H,1-7H2. The van der Waals surface area contributed by atoms with Crippen LogP contribution in [0.25, 0.3) is 5.65 Å². The third-order valence-electron chi connectivity index (χ3n) is 6.75. The van der Waals surface area contributed by atoms with E-state index in [2.05, 4.69) is 14.8 Å². The van der Waals surface area contributed by atoms with Crippen LogP contribution < -0.4 is 0 Å². The Kier molecular flexibility index (Phi) is 7.35. The molecule has 0 aromatic carbocycles. The summed E-state index contributed by atoms with van der Waals surface area (Å²) in [5.74, 6) is -0.762. The average Bonchev–Trinajstić information content (AvgIpc) is 3.44. The number of ether oxygens (including phenoxy) is 1. The molecular weight excluding hydrogens is 560 g/mol. The molecule has 2 aromatic rings. The van der Waals surface area contributed by atoms with Crippen LogP contribution in [0.15, 0.2) is 12.1 Å². The zero-order chi connectivity index (χ0) is 28.9. The number of hydrogen-bond donors (Lipinski definition) is 0. The van der Waals surface area contributed by atoms with Gasteiger partial charge in [-0.2, -0.15) is 31.4 Å². The summed E-state index contributed by atoms with van der Waals surface area (Å²) in [4.78, 5) is 31.0. The molecule has 0 atom stereocenters. The molecule has 39 heavy (non-hydrogen) atoms. The van der Waals surface area contributed by atoms with Gasteiger partial charge in [0.1, 0.15) is 11.4 Å². The third-order valence-corrected chi connectivity index (χ3v) is 6.75. The molecule has 4 rings (SSSR count). The van der Waals surface area contributed by atoms with Crippen molar-refractivity contribution >= 4 is 17.6 Å². The van der Waals surface area contributed by atoms with Crippen molar-refractivity contribution in [3.05, 3.63) is 29.2 Å². The number of piperidine rings is 1. The third kappa shape index (κ3) is 5.54. The molecule has 2 aliphatic heterocycles. The van der Waals surface area contributed by atoms with E-state index in [1.807, 2.05) is 0 Å². The highest BCUT2D eigenvalue weighted by Crippen LogP contribution is 2.41. The normalized spacial score (nSPS) is 18.3. The van der Waals surface area contributed by atoms with Crippen molar-refractivity contribution in [1.29, 1.82) is 0 Å². The number of rotatable bonds is 4. The number of hydrogen-bond acceptors (Lipinski definition) is 5. The Morgan fingerprint density at radius 2 is 1.51 bits per heavy atom. The van der Waals surface area contributed by atoms with Crippen LogP contribution >= 0.6 is 0 Å². The van der Waals surface area contributed by atoms with Crippen molar-refractivity contribution in [1.82, 2.24) is 24.4 Å². The molecule has 0 bridgehead atoms. The van der Waals surface area contributed by atoms with Gasteiger partial charge in [-0.15, -0.1) is 0 Å². The smallest absolute Gasteiger partial charge is 0.426 e. The van der Waals surface area contributed by atoms with Gasteiger partial charge >= 0.3 is 18.4 Å². The fourth-order valence-electron chi connectivity index (χ4n) is 4.90. The van der Waals surface area contributed by atoms with Gasteiger partial charge in [-0.25, -0.2) is 31.9 Å². The Morgan fingerprint density at radius 1 is 0.897 bits per heavy atom. The van der Waals surface area contributed by atoms with E-state index >= 15 is 0 Å². The van der Waals surface area contributed by atoms with Crippen LogP contribution in [0, 0.1) is 0 Å². The minimum Gasteiger partial charge on any atom is -0.426 e. The monoisotopic (exact) mass is 579 g/mol. The number of aromatic nitrogens is 3. The maximum Gasteiger partial charge on any atom is 0.434 e. The van der Waals surface area contributed by atoms with Crippen molar-refractivity contribution in [2.75, 3.05) is 19.6 Å². The van der Waals surface area contributed by atoms with E-state index in [9.17, 15) is 53.5 Å². The number of carbonyl (C=O) groups is 2. The van der Waals surface area contributed by atoms with Gasteiger partial charge in [-0.3, -0.25) is 4.79 Å². The summed E-state index contributed by atoms with van der Waals surface area (Å²) in [6, 6.07) is 1.44. The first-order valence-electron chi connectivity index (χ1n) is 11.4. The molecule has 2 fully saturated rings. The van der Waals surface area contributed by atoms with E-state index in [1.54, 1.807) is 0 Å². The molecule has 2 amide bonds. The SMILES string of the molecule is O=C(OC(C(F)(F)F)C(F)(F)F)N1CCC2(CCCN2C(=O)c2cc3nc(C(F)F)cc(C(F)F)n3n2)CC1. The summed E-state index contributed by atoms with van der Waals surface area (Å²) in [6.45, 7) is -0.505. The van der Waals surface area contributed by atoms with Crippen molar-refractivity contribution in [2.24, 2.45) is 0 Å².